The molecule has 0 amide bonds. The highest BCUT2D eigenvalue weighted by Crippen LogP contribution is 2.26. The molecule has 0 atom stereocenters. The van der Waals surface area contributed by atoms with Gasteiger partial charge in [-0.15, -0.1) is 0 Å². The molecule has 0 aliphatic heterocycles. The van der Waals surface area contributed by atoms with Crippen LogP contribution in [0, 0.1) is 0 Å². The van der Waals surface area contributed by atoms with Crippen molar-refractivity contribution in [3.63, 3.8) is 0 Å². The van der Waals surface area contributed by atoms with Crippen LogP contribution in [0.15, 0.2) is 24.3 Å². The molecule has 0 spiro atoms. The minimum atomic E-state index is 0.483. The average Bonchev–Trinajstić information content (AvgIpc) is 2.29. The molecule has 0 saturated heterocycles. The molecule has 1 aromatic carbocycles. The number of ether oxygens (including phenoxy) is 1. The highest BCUT2D eigenvalue weighted by molar-refractivity contribution is 5.46. The second-order valence-electron chi connectivity index (χ2n) is 4.84. The summed E-state index contributed by atoms with van der Waals surface area (Å²) in [5.41, 5.74) is 2.67. The van der Waals surface area contributed by atoms with E-state index in [9.17, 15) is 0 Å². The first-order valence-corrected chi connectivity index (χ1v) is 6.79. The number of hydrogen-bond acceptors (Lipinski definition) is 2. The second kappa shape index (κ2) is 6.06. The Bertz CT molecular complexity index is 327. The van der Waals surface area contributed by atoms with Crippen molar-refractivity contribution in [1.29, 1.82) is 0 Å². The van der Waals surface area contributed by atoms with E-state index in [1.165, 1.54) is 24.1 Å². The minimum absolute atomic E-state index is 0.483. The molecule has 1 fully saturated rings. The molecule has 0 bridgehead atoms. The van der Waals surface area contributed by atoms with E-state index in [1.807, 2.05) is 0 Å². The van der Waals surface area contributed by atoms with Gasteiger partial charge in [0, 0.05) is 18.3 Å². The number of nitrogens with one attached hydrogen (secondary N) is 1. The third-order valence-corrected chi connectivity index (χ3v) is 3.36. The van der Waals surface area contributed by atoms with Gasteiger partial charge in [0.25, 0.3) is 0 Å². The predicted octanol–water partition coefficient (Wildman–Crippen LogP) is 3.62. The molecule has 1 saturated carbocycles. The number of hydrogen-bond donors (Lipinski definition) is 1. The fourth-order valence-electron chi connectivity index (χ4n) is 2.35. The molecule has 2 heteroatoms. The molecule has 0 radical (unpaired) electrons. The van der Waals surface area contributed by atoms with Crippen LogP contribution in [0.5, 0.6) is 0 Å². The summed E-state index contributed by atoms with van der Waals surface area (Å²) in [6.07, 6.45) is 5.16. The maximum Gasteiger partial charge on any atom is 0.0614 e. The lowest BCUT2D eigenvalue weighted by atomic mass is 9.89. The molecule has 0 unspecified atom stereocenters. The zero-order valence-corrected chi connectivity index (χ0v) is 10.9. The lowest BCUT2D eigenvalue weighted by Crippen LogP contribution is -2.40. The second-order valence-corrected chi connectivity index (χ2v) is 4.84. The van der Waals surface area contributed by atoms with Gasteiger partial charge in [-0.05, 0) is 43.9 Å². The maximum absolute atomic E-state index is 5.56. The van der Waals surface area contributed by atoms with Gasteiger partial charge in [-0.1, -0.05) is 25.5 Å². The monoisotopic (exact) mass is 233 g/mol. The Hall–Kier alpha value is -1.02. The van der Waals surface area contributed by atoms with Crippen molar-refractivity contribution in [2.45, 2.75) is 51.7 Å². The van der Waals surface area contributed by atoms with E-state index in [0.29, 0.717) is 12.1 Å². The fourth-order valence-corrected chi connectivity index (χ4v) is 2.35. The van der Waals surface area contributed by atoms with Crippen molar-refractivity contribution in [3.8, 4) is 0 Å². The molecule has 1 N–H and O–H groups in total. The minimum Gasteiger partial charge on any atom is -0.382 e. The molecular formula is C15H23NO. The quantitative estimate of drug-likeness (QED) is 0.810. The van der Waals surface area contributed by atoms with Crippen LogP contribution < -0.4 is 5.32 Å². The van der Waals surface area contributed by atoms with E-state index in [1.54, 1.807) is 0 Å². The normalized spacial score (nSPS) is 23.2. The van der Waals surface area contributed by atoms with Gasteiger partial charge in [-0.2, -0.15) is 0 Å². The SMILES string of the molecule is CCCc1ccc(NC2CC(OCC)C2)cc1. The highest BCUT2D eigenvalue weighted by Gasteiger charge is 2.29. The maximum atomic E-state index is 5.56. The van der Waals surface area contributed by atoms with Crippen molar-refractivity contribution < 1.29 is 4.74 Å². The Kier molecular flexibility index (Phi) is 4.43. The summed E-state index contributed by atoms with van der Waals surface area (Å²) in [6, 6.07) is 9.44. The summed E-state index contributed by atoms with van der Waals surface area (Å²) >= 11 is 0. The molecule has 94 valence electrons. The molecule has 17 heavy (non-hydrogen) atoms. The average molecular weight is 233 g/mol. The van der Waals surface area contributed by atoms with E-state index in [0.717, 1.165) is 19.4 Å². The van der Waals surface area contributed by atoms with Gasteiger partial charge in [0.1, 0.15) is 0 Å². The van der Waals surface area contributed by atoms with Gasteiger partial charge >= 0.3 is 0 Å². The van der Waals surface area contributed by atoms with Crippen molar-refractivity contribution in [3.05, 3.63) is 29.8 Å². The van der Waals surface area contributed by atoms with Crippen molar-refractivity contribution >= 4 is 5.69 Å². The Balaban J connectivity index is 1.76. The van der Waals surface area contributed by atoms with E-state index in [4.69, 9.17) is 4.74 Å². The largest absolute Gasteiger partial charge is 0.382 e. The van der Waals surface area contributed by atoms with E-state index in [-0.39, 0.29) is 0 Å². The first-order valence-electron chi connectivity index (χ1n) is 6.79. The molecule has 2 nitrogen and oxygen atoms in total. The van der Waals surface area contributed by atoms with Crippen LogP contribution in [0.25, 0.3) is 0 Å². The van der Waals surface area contributed by atoms with Crippen LogP contribution in [-0.2, 0) is 11.2 Å². The van der Waals surface area contributed by atoms with E-state index >= 15 is 0 Å². The summed E-state index contributed by atoms with van der Waals surface area (Å²) in [6.45, 7) is 5.12. The summed E-state index contributed by atoms with van der Waals surface area (Å²) in [7, 11) is 0. The van der Waals surface area contributed by atoms with Gasteiger partial charge in [0.15, 0.2) is 0 Å². The van der Waals surface area contributed by atoms with E-state index < -0.39 is 0 Å². The molecular weight excluding hydrogens is 210 g/mol. The smallest absolute Gasteiger partial charge is 0.0614 e. The third kappa shape index (κ3) is 3.47. The van der Waals surface area contributed by atoms with Crippen LogP contribution in [-0.4, -0.2) is 18.8 Å². The zero-order chi connectivity index (χ0) is 12.1. The van der Waals surface area contributed by atoms with E-state index in [2.05, 4.69) is 43.4 Å². The fraction of sp³-hybridized carbons (Fsp3) is 0.600. The highest BCUT2D eigenvalue weighted by atomic mass is 16.5. The third-order valence-electron chi connectivity index (χ3n) is 3.36. The van der Waals surface area contributed by atoms with Crippen molar-refractivity contribution in [2.75, 3.05) is 11.9 Å². The molecule has 1 aliphatic carbocycles. The van der Waals surface area contributed by atoms with Gasteiger partial charge < -0.3 is 10.1 Å². The van der Waals surface area contributed by atoms with Gasteiger partial charge in [-0.25, -0.2) is 0 Å². The Morgan fingerprint density at radius 2 is 1.88 bits per heavy atom. The van der Waals surface area contributed by atoms with Crippen LogP contribution in [0.2, 0.25) is 0 Å². The number of anilines is 1. The number of benzene rings is 1. The lowest BCUT2D eigenvalue weighted by Gasteiger charge is -2.36. The van der Waals surface area contributed by atoms with Crippen LogP contribution in [0.1, 0.15) is 38.7 Å². The molecule has 2 rings (SSSR count). The van der Waals surface area contributed by atoms with Gasteiger partial charge in [0.05, 0.1) is 6.10 Å². The van der Waals surface area contributed by atoms with Gasteiger partial charge in [-0.3, -0.25) is 0 Å². The predicted molar refractivity (Wildman–Crippen MR) is 72.5 cm³/mol. The molecule has 0 aromatic heterocycles. The topological polar surface area (TPSA) is 21.3 Å². The van der Waals surface area contributed by atoms with Crippen molar-refractivity contribution in [1.82, 2.24) is 0 Å². The van der Waals surface area contributed by atoms with Crippen LogP contribution in [0.4, 0.5) is 5.69 Å². The first-order chi connectivity index (χ1) is 8.31. The Morgan fingerprint density at radius 1 is 1.18 bits per heavy atom. The molecule has 1 aliphatic rings. The summed E-state index contributed by atoms with van der Waals surface area (Å²) in [5.74, 6) is 0. The number of rotatable bonds is 6. The Morgan fingerprint density at radius 3 is 2.47 bits per heavy atom. The summed E-state index contributed by atoms with van der Waals surface area (Å²) in [5, 5.41) is 3.56. The van der Waals surface area contributed by atoms with Crippen LogP contribution >= 0.6 is 0 Å². The lowest BCUT2D eigenvalue weighted by molar-refractivity contribution is 0.00299. The zero-order valence-electron chi connectivity index (χ0n) is 10.9. The number of aryl methyl sites for hydroxylation is 1. The first kappa shape index (κ1) is 12.4. The van der Waals surface area contributed by atoms with Crippen LogP contribution in [0.3, 0.4) is 0 Å². The van der Waals surface area contributed by atoms with Gasteiger partial charge in [0.2, 0.25) is 0 Å². The Labute approximate surface area is 104 Å². The summed E-state index contributed by atoms with van der Waals surface area (Å²) in [4.78, 5) is 0. The molecule has 1 aromatic rings. The van der Waals surface area contributed by atoms with Crippen molar-refractivity contribution in [2.24, 2.45) is 0 Å². The molecule has 0 heterocycles. The standard InChI is InChI=1S/C15H23NO/c1-3-5-12-6-8-13(9-7-12)16-14-10-15(11-14)17-4-2/h6-9,14-16H,3-5,10-11H2,1-2H3. The summed E-state index contributed by atoms with van der Waals surface area (Å²) < 4.78 is 5.56.